The Balaban J connectivity index is 1.58. The Kier molecular flexibility index (Phi) is 8.30. The first kappa shape index (κ1) is 24.8. The van der Waals surface area contributed by atoms with Crippen LogP contribution in [0.4, 0.5) is 4.79 Å². The number of hydrogen-bond acceptors (Lipinski definition) is 5. The molecule has 3 aromatic carbocycles. The molecular formula is C28H31NO5. The molecule has 0 bridgehead atoms. The Morgan fingerprint density at radius 3 is 1.85 bits per heavy atom. The molecule has 0 saturated heterocycles. The van der Waals surface area contributed by atoms with Crippen LogP contribution in [0, 0.1) is 0 Å². The topological polar surface area (TPSA) is 73.9 Å². The molecule has 0 saturated carbocycles. The number of amides is 1. The Morgan fingerprint density at radius 2 is 1.32 bits per heavy atom. The van der Waals surface area contributed by atoms with E-state index in [1.54, 1.807) is 20.8 Å². The van der Waals surface area contributed by atoms with Gasteiger partial charge in [0.15, 0.2) is 0 Å². The molecule has 1 atom stereocenters. The fourth-order valence-electron chi connectivity index (χ4n) is 3.36. The van der Waals surface area contributed by atoms with E-state index in [-0.39, 0.29) is 6.42 Å². The maximum absolute atomic E-state index is 12.2. The summed E-state index contributed by atoms with van der Waals surface area (Å²) in [4.78, 5) is 24.3. The first-order chi connectivity index (χ1) is 16.2. The minimum Gasteiger partial charge on any atom is -0.467 e. The predicted octanol–water partition coefficient (Wildman–Crippen LogP) is 5.68. The van der Waals surface area contributed by atoms with E-state index in [1.807, 2.05) is 54.6 Å². The zero-order valence-electron chi connectivity index (χ0n) is 20.0. The maximum atomic E-state index is 12.2. The van der Waals surface area contributed by atoms with Crippen LogP contribution < -0.4 is 10.1 Å². The minimum absolute atomic E-state index is 0.264. The molecule has 0 spiro atoms. The Hall–Kier alpha value is -3.80. The number of methoxy groups -OCH3 is 1. The molecule has 0 unspecified atom stereocenters. The number of rotatable bonds is 8. The van der Waals surface area contributed by atoms with Crippen LogP contribution >= 0.6 is 0 Å². The highest BCUT2D eigenvalue weighted by molar-refractivity contribution is 5.81. The number of ether oxygens (including phenoxy) is 3. The van der Waals surface area contributed by atoms with Crippen LogP contribution in [0.5, 0.6) is 11.5 Å². The monoisotopic (exact) mass is 461 g/mol. The number of carbonyl (C=O) groups excluding carboxylic acids is 2. The molecule has 0 aliphatic carbocycles. The smallest absolute Gasteiger partial charge is 0.408 e. The zero-order chi connectivity index (χ0) is 24.6. The largest absolute Gasteiger partial charge is 0.467 e. The van der Waals surface area contributed by atoms with Crippen molar-refractivity contribution in [2.24, 2.45) is 0 Å². The van der Waals surface area contributed by atoms with Gasteiger partial charge >= 0.3 is 12.1 Å². The third-order valence-electron chi connectivity index (χ3n) is 4.95. The normalized spacial score (nSPS) is 11.9. The van der Waals surface area contributed by atoms with E-state index < -0.39 is 23.7 Å². The molecule has 3 aromatic rings. The predicted molar refractivity (Wildman–Crippen MR) is 131 cm³/mol. The summed E-state index contributed by atoms with van der Waals surface area (Å²) in [6.07, 6.45) is 0.466. The molecule has 0 aromatic heterocycles. The second-order valence-corrected chi connectivity index (χ2v) is 8.98. The lowest BCUT2D eigenvalue weighted by atomic mass is 10.1. The standard InChI is InChI=1S/C28H31NO5/c1-28(2,3)34-27(31)29-25(26(30)32-4)19-22-12-16-24(17-13-22)33-23-14-10-21(11-15-23)18-20-8-6-5-7-9-20/h5-17,25H,18-19H2,1-4H3,(H,29,31)/t25-/m0/s1. The molecule has 178 valence electrons. The van der Waals surface area contributed by atoms with Gasteiger partial charge in [-0.3, -0.25) is 0 Å². The number of hydrogen-bond donors (Lipinski definition) is 1. The highest BCUT2D eigenvalue weighted by Gasteiger charge is 2.25. The molecule has 6 heteroatoms. The van der Waals surface area contributed by atoms with Crippen LogP contribution in [-0.2, 0) is 27.1 Å². The van der Waals surface area contributed by atoms with Gasteiger partial charge in [0.1, 0.15) is 23.1 Å². The molecular weight excluding hydrogens is 430 g/mol. The van der Waals surface area contributed by atoms with Crippen LogP contribution in [0.1, 0.15) is 37.5 Å². The van der Waals surface area contributed by atoms with E-state index >= 15 is 0 Å². The van der Waals surface area contributed by atoms with Crippen molar-refractivity contribution in [3.63, 3.8) is 0 Å². The van der Waals surface area contributed by atoms with Gasteiger partial charge in [0.2, 0.25) is 0 Å². The molecule has 0 radical (unpaired) electrons. The second-order valence-electron chi connectivity index (χ2n) is 8.98. The molecule has 6 nitrogen and oxygen atoms in total. The first-order valence-corrected chi connectivity index (χ1v) is 11.2. The summed E-state index contributed by atoms with van der Waals surface area (Å²) in [7, 11) is 1.29. The van der Waals surface area contributed by atoms with E-state index in [9.17, 15) is 9.59 Å². The molecule has 34 heavy (non-hydrogen) atoms. The number of alkyl carbamates (subject to hydrolysis) is 1. The van der Waals surface area contributed by atoms with E-state index in [0.29, 0.717) is 5.75 Å². The van der Waals surface area contributed by atoms with E-state index in [1.165, 1.54) is 18.2 Å². The lowest BCUT2D eigenvalue weighted by Crippen LogP contribution is -2.45. The summed E-state index contributed by atoms with van der Waals surface area (Å²) in [6.45, 7) is 5.28. The summed E-state index contributed by atoms with van der Waals surface area (Å²) >= 11 is 0. The summed E-state index contributed by atoms with van der Waals surface area (Å²) in [5.41, 5.74) is 2.65. The summed E-state index contributed by atoms with van der Waals surface area (Å²) in [6, 6.07) is 24.8. The maximum Gasteiger partial charge on any atom is 0.408 e. The van der Waals surface area contributed by atoms with Crippen LogP contribution in [0.15, 0.2) is 78.9 Å². The molecule has 3 rings (SSSR count). The second kappa shape index (κ2) is 11.4. The van der Waals surface area contributed by atoms with Crippen molar-refractivity contribution in [1.29, 1.82) is 0 Å². The number of esters is 1. The van der Waals surface area contributed by atoms with Crippen LogP contribution in [0.25, 0.3) is 0 Å². The summed E-state index contributed by atoms with van der Waals surface area (Å²) in [5, 5.41) is 2.58. The quantitative estimate of drug-likeness (QED) is 0.437. The van der Waals surface area contributed by atoms with Gasteiger partial charge in [-0.2, -0.15) is 0 Å². The molecule has 0 aliphatic heterocycles. The molecule has 0 aliphatic rings. The van der Waals surface area contributed by atoms with Gasteiger partial charge in [-0.1, -0.05) is 54.6 Å². The average molecular weight is 462 g/mol. The number of carbonyl (C=O) groups is 2. The molecule has 0 fully saturated rings. The summed E-state index contributed by atoms with van der Waals surface area (Å²) < 4.78 is 16.0. The SMILES string of the molecule is COC(=O)[C@H](Cc1ccc(Oc2ccc(Cc3ccccc3)cc2)cc1)NC(=O)OC(C)(C)C. The van der Waals surface area contributed by atoms with E-state index in [0.717, 1.165) is 17.7 Å². The zero-order valence-corrected chi connectivity index (χ0v) is 20.0. The van der Waals surface area contributed by atoms with Gasteiger partial charge in [-0.25, -0.2) is 9.59 Å². The van der Waals surface area contributed by atoms with Gasteiger partial charge in [0, 0.05) is 6.42 Å². The van der Waals surface area contributed by atoms with Crippen LogP contribution in [0.3, 0.4) is 0 Å². The Morgan fingerprint density at radius 1 is 0.794 bits per heavy atom. The minimum atomic E-state index is -0.858. The Bertz CT molecular complexity index is 1070. The average Bonchev–Trinajstić information content (AvgIpc) is 2.80. The van der Waals surface area contributed by atoms with Gasteiger partial charge < -0.3 is 19.5 Å². The van der Waals surface area contributed by atoms with Crippen molar-refractivity contribution in [3.05, 3.63) is 95.6 Å². The fourth-order valence-corrected chi connectivity index (χ4v) is 3.36. The lowest BCUT2D eigenvalue weighted by Gasteiger charge is -2.22. The number of nitrogens with one attached hydrogen (secondary N) is 1. The first-order valence-electron chi connectivity index (χ1n) is 11.2. The van der Waals surface area contributed by atoms with Crippen molar-refractivity contribution in [2.75, 3.05) is 7.11 Å². The van der Waals surface area contributed by atoms with Gasteiger partial charge in [0.05, 0.1) is 7.11 Å². The lowest BCUT2D eigenvalue weighted by molar-refractivity contribution is -0.143. The van der Waals surface area contributed by atoms with Crippen molar-refractivity contribution in [3.8, 4) is 11.5 Å². The van der Waals surface area contributed by atoms with Gasteiger partial charge in [-0.15, -0.1) is 0 Å². The van der Waals surface area contributed by atoms with Crippen molar-refractivity contribution >= 4 is 12.1 Å². The number of benzene rings is 3. The van der Waals surface area contributed by atoms with Crippen LogP contribution in [0.2, 0.25) is 0 Å². The van der Waals surface area contributed by atoms with Crippen LogP contribution in [-0.4, -0.2) is 30.8 Å². The Labute approximate surface area is 200 Å². The molecule has 0 heterocycles. The molecule has 1 amide bonds. The summed E-state index contributed by atoms with van der Waals surface area (Å²) in [5.74, 6) is 0.875. The van der Waals surface area contributed by atoms with Crippen molar-refractivity contribution in [1.82, 2.24) is 5.32 Å². The van der Waals surface area contributed by atoms with Crippen molar-refractivity contribution < 1.29 is 23.8 Å². The van der Waals surface area contributed by atoms with Gasteiger partial charge in [-0.05, 0) is 68.1 Å². The third kappa shape index (κ3) is 7.96. The van der Waals surface area contributed by atoms with Gasteiger partial charge in [0.25, 0.3) is 0 Å². The highest BCUT2D eigenvalue weighted by atomic mass is 16.6. The van der Waals surface area contributed by atoms with Crippen molar-refractivity contribution in [2.45, 2.75) is 45.3 Å². The van der Waals surface area contributed by atoms with E-state index in [2.05, 4.69) is 29.6 Å². The van der Waals surface area contributed by atoms with E-state index in [4.69, 9.17) is 14.2 Å². The fraction of sp³-hybridized carbons (Fsp3) is 0.286. The molecule has 1 N–H and O–H groups in total. The highest BCUT2D eigenvalue weighted by Crippen LogP contribution is 2.23. The third-order valence-corrected chi connectivity index (χ3v) is 4.95.